The first kappa shape index (κ1) is 9.98. The molecule has 1 N–H and O–H groups in total. The predicted molar refractivity (Wildman–Crippen MR) is 46.5 cm³/mol. The van der Waals surface area contributed by atoms with E-state index in [9.17, 15) is 4.79 Å². The van der Waals surface area contributed by atoms with Gasteiger partial charge in [-0.05, 0) is 32.4 Å². The van der Waals surface area contributed by atoms with Gasteiger partial charge in [0.05, 0.1) is 6.04 Å². The molecule has 0 aromatic heterocycles. The number of Topliss-reactive ketones (excluding diaryl/α,β-unsaturated/α-hetero) is 1. The van der Waals surface area contributed by atoms with E-state index in [0.29, 0.717) is 0 Å². The maximum Gasteiger partial charge on any atom is 0.146 e. The molecule has 0 amide bonds. The van der Waals surface area contributed by atoms with Crippen LogP contribution in [0.3, 0.4) is 0 Å². The van der Waals surface area contributed by atoms with Gasteiger partial charge in [-0.25, -0.2) is 0 Å². The first-order chi connectivity index (χ1) is 4.72. The fourth-order valence-electron chi connectivity index (χ4n) is 0.787. The molecule has 0 saturated heterocycles. The van der Waals surface area contributed by atoms with E-state index >= 15 is 0 Å². The Morgan fingerprint density at radius 1 is 1.70 bits per heavy atom. The van der Waals surface area contributed by atoms with Gasteiger partial charge in [0.15, 0.2) is 0 Å². The molecule has 0 spiro atoms. The van der Waals surface area contributed by atoms with E-state index in [4.69, 9.17) is 0 Å². The molecular weight excluding hydrogens is 146 g/mol. The average molecular weight is 161 g/mol. The number of hydrogen-bond acceptors (Lipinski definition) is 3. The number of likely N-dealkylation sites (N-methyl/N-ethyl adjacent to an activating group) is 1. The van der Waals surface area contributed by atoms with Crippen molar-refractivity contribution >= 4 is 17.5 Å². The van der Waals surface area contributed by atoms with Crippen molar-refractivity contribution in [1.82, 2.24) is 5.32 Å². The summed E-state index contributed by atoms with van der Waals surface area (Å²) < 4.78 is 0. The second kappa shape index (κ2) is 5.74. The Labute approximate surface area is 66.8 Å². The van der Waals surface area contributed by atoms with Crippen LogP contribution in [-0.4, -0.2) is 30.9 Å². The molecule has 0 heterocycles. The average Bonchev–Trinajstić information content (AvgIpc) is 1.89. The van der Waals surface area contributed by atoms with E-state index in [1.165, 1.54) is 0 Å². The van der Waals surface area contributed by atoms with E-state index in [0.717, 1.165) is 12.2 Å². The van der Waals surface area contributed by atoms with E-state index in [1.54, 1.807) is 18.7 Å². The van der Waals surface area contributed by atoms with Gasteiger partial charge in [-0.15, -0.1) is 0 Å². The normalized spacial score (nSPS) is 13.1. The molecule has 0 aromatic rings. The Morgan fingerprint density at radius 2 is 2.30 bits per heavy atom. The van der Waals surface area contributed by atoms with Crippen LogP contribution in [0.25, 0.3) is 0 Å². The number of carbonyl (C=O) groups is 1. The van der Waals surface area contributed by atoms with E-state index in [1.807, 2.05) is 13.3 Å². The maximum atomic E-state index is 10.8. The summed E-state index contributed by atoms with van der Waals surface area (Å²) in [6.07, 6.45) is 2.99. The van der Waals surface area contributed by atoms with Gasteiger partial charge >= 0.3 is 0 Å². The zero-order chi connectivity index (χ0) is 7.98. The molecule has 0 aliphatic carbocycles. The summed E-state index contributed by atoms with van der Waals surface area (Å²) in [5.41, 5.74) is 0. The van der Waals surface area contributed by atoms with Crippen molar-refractivity contribution in [1.29, 1.82) is 0 Å². The zero-order valence-electron chi connectivity index (χ0n) is 6.81. The lowest BCUT2D eigenvalue weighted by Crippen LogP contribution is -2.32. The van der Waals surface area contributed by atoms with Gasteiger partial charge < -0.3 is 5.32 Å². The van der Waals surface area contributed by atoms with Crippen LogP contribution in [-0.2, 0) is 4.79 Å². The number of nitrogens with one attached hydrogen (secondary N) is 1. The summed E-state index contributed by atoms with van der Waals surface area (Å²) in [6.45, 7) is 1.63. The minimum atomic E-state index is 0.0625. The van der Waals surface area contributed by atoms with Gasteiger partial charge in [0, 0.05) is 0 Å². The number of thioether (sulfide) groups is 1. The van der Waals surface area contributed by atoms with Crippen LogP contribution >= 0.6 is 11.8 Å². The summed E-state index contributed by atoms with van der Waals surface area (Å²) in [6, 6.07) is 0.0625. The third-order valence-corrected chi connectivity index (χ3v) is 2.09. The van der Waals surface area contributed by atoms with Gasteiger partial charge in [0.2, 0.25) is 0 Å². The molecule has 0 aliphatic rings. The lowest BCUT2D eigenvalue weighted by molar-refractivity contribution is -0.118. The monoisotopic (exact) mass is 161 g/mol. The highest BCUT2D eigenvalue weighted by Gasteiger charge is 2.09. The third kappa shape index (κ3) is 3.90. The van der Waals surface area contributed by atoms with Gasteiger partial charge in [-0.1, -0.05) is 0 Å². The van der Waals surface area contributed by atoms with Crippen LogP contribution in [0, 0.1) is 0 Å². The van der Waals surface area contributed by atoms with Crippen LogP contribution in [0.2, 0.25) is 0 Å². The third-order valence-electron chi connectivity index (χ3n) is 1.45. The molecule has 10 heavy (non-hydrogen) atoms. The molecule has 0 bridgehead atoms. The van der Waals surface area contributed by atoms with Gasteiger partial charge in [0.25, 0.3) is 0 Å². The Bertz CT molecular complexity index is 106. The van der Waals surface area contributed by atoms with Crippen molar-refractivity contribution in [2.24, 2.45) is 0 Å². The minimum absolute atomic E-state index is 0.0625. The second-order valence-corrected chi connectivity index (χ2v) is 3.22. The quantitative estimate of drug-likeness (QED) is 0.650. The molecule has 0 aromatic carbocycles. The van der Waals surface area contributed by atoms with Crippen LogP contribution in [0.4, 0.5) is 0 Å². The largest absolute Gasteiger partial charge is 0.311 e. The maximum absolute atomic E-state index is 10.8. The molecule has 3 heteroatoms. The van der Waals surface area contributed by atoms with Crippen molar-refractivity contribution in [2.75, 3.05) is 19.1 Å². The first-order valence-electron chi connectivity index (χ1n) is 3.39. The Balaban J connectivity index is 3.50. The minimum Gasteiger partial charge on any atom is -0.311 e. The van der Waals surface area contributed by atoms with E-state index in [-0.39, 0.29) is 11.8 Å². The van der Waals surface area contributed by atoms with Crippen LogP contribution in [0.1, 0.15) is 13.3 Å². The topological polar surface area (TPSA) is 29.1 Å². The number of carbonyl (C=O) groups excluding carboxylic acids is 1. The summed E-state index contributed by atoms with van der Waals surface area (Å²) in [7, 11) is 1.83. The number of ketones is 1. The van der Waals surface area contributed by atoms with Crippen molar-refractivity contribution in [3.05, 3.63) is 0 Å². The molecule has 0 aliphatic heterocycles. The summed E-state index contributed by atoms with van der Waals surface area (Å²) in [4.78, 5) is 10.8. The fourth-order valence-corrected chi connectivity index (χ4v) is 1.26. The van der Waals surface area contributed by atoms with Gasteiger partial charge in [-0.3, -0.25) is 4.79 Å². The van der Waals surface area contributed by atoms with Crippen LogP contribution in [0.15, 0.2) is 0 Å². The highest BCUT2D eigenvalue weighted by molar-refractivity contribution is 7.98. The number of hydrogen-bond donors (Lipinski definition) is 1. The molecular formula is C7H15NOS. The highest BCUT2D eigenvalue weighted by Crippen LogP contribution is 2.00. The lowest BCUT2D eigenvalue weighted by atomic mass is 10.1. The Morgan fingerprint density at radius 3 is 2.60 bits per heavy atom. The van der Waals surface area contributed by atoms with Crippen LogP contribution in [0.5, 0.6) is 0 Å². The summed E-state index contributed by atoms with van der Waals surface area (Å²) in [5, 5.41) is 2.97. The van der Waals surface area contributed by atoms with E-state index < -0.39 is 0 Å². The Hall–Kier alpha value is -0.0200. The van der Waals surface area contributed by atoms with Crippen molar-refractivity contribution in [2.45, 2.75) is 19.4 Å². The van der Waals surface area contributed by atoms with Crippen molar-refractivity contribution in [3.8, 4) is 0 Å². The lowest BCUT2D eigenvalue weighted by Gasteiger charge is -2.10. The van der Waals surface area contributed by atoms with Crippen molar-refractivity contribution in [3.63, 3.8) is 0 Å². The first-order valence-corrected chi connectivity index (χ1v) is 4.78. The SMILES string of the molecule is CN[C@H](CCSC)C(C)=O. The molecule has 0 fully saturated rings. The van der Waals surface area contributed by atoms with Gasteiger partial charge in [0.1, 0.15) is 5.78 Å². The van der Waals surface area contributed by atoms with Gasteiger partial charge in [-0.2, -0.15) is 11.8 Å². The molecule has 0 radical (unpaired) electrons. The molecule has 0 saturated carbocycles. The van der Waals surface area contributed by atoms with Crippen molar-refractivity contribution < 1.29 is 4.79 Å². The molecule has 2 nitrogen and oxygen atoms in total. The predicted octanol–water partition coefficient (Wildman–Crippen LogP) is 0.916. The second-order valence-electron chi connectivity index (χ2n) is 2.23. The highest BCUT2D eigenvalue weighted by atomic mass is 32.2. The smallest absolute Gasteiger partial charge is 0.146 e. The van der Waals surface area contributed by atoms with Crippen LogP contribution < -0.4 is 5.32 Å². The fraction of sp³-hybridized carbons (Fsp3) is 0.857. The summed E-state index contributed by atoms with van der Waals surface area (Å²) >= 11 is 1.77. The molecule has 60 valence electrons. The molecule has 1 atom stereocenters. The molecule has 0 unspecified atom stereocenters. The van der Waals surface area contributed by atoms with E-state index in [2.05, 4.69) is 5.32 Å². The summed E-state index contributed by atoms with van der Waals surface area (Å²) in [5.74, 6) is 1.28. The molecule has 0 rings (SSSR count). The standard InChI is InChI=1S/C7H15NOS/c1-6(9)7(8-2)4-5-10-3/h7-8H,4-5H2,1-3H3/t7-/m1/s1. The number of rotatable bonds is 5. The zero-order valence-corrected chi connectivity index (χ0v) is 7.62. The Kier molecular flexibility index (Phi) is 5.73.